The highest BCUT2D eigenvalue weighted by molar-refractivity contribution is 5.77. The highest BCUT2D eigenvalue weighted by Gasteiger charge is 2.12. The first kappa shape index (κ1) is 21.4. The molecule has 1 fully saturated rings. The second-order valence-electron chi connectivity index (χ2n) is 7.01. The van der Waals surface area contributed by atoms with Crippen LogP contribution < -0.4 is 20.5 Å². The van der Waals surface area contributed by atoms with Crippen LogP contribution in [-0.2, 0) is 11.3 Å². The van der Waals surface area contributed by atoms with Gasteiger partial charge in [0.2, 0.25) is 0 Å². The van der Waals surface area contributed by atoms with Crippen molar-refractivity contribution < 1.29 is 14.2 Å². The second kappa shape index (κ2) is 12.4. The number of hydrogen-bond donors (Lipinski definition) is 2. The van der Waals surface area contributed by atoms with Gasteiger partial charge in [0, 0.05) is 13.2 Å². The standard InChI is InChI=1S/C21H35N3O3/c1-25-19-12-11-17(15-20(19)26-2)16-24-21(22)23-13-7-4-8-14-27-18-9-5-3-6-10-18/h11-12,15,18H,3-10,13-14,16H2,1-2H3,(H3,22,23,24). The zero-order valence-corrected chi connectivity index (χ0v) is 16.8. The summed E-state index contributed by atoms with van der Waals surface area (Å²) < 4.78 is 16.5. The predicted octanol–water partition coefficient (Wildman–Crippen LogP) is 3.63. The van der Waals surface area contributed by atoms with Gasteiger partial charge in [-0.2, -0.15) is 0 Å². The minimum atomic E-state index is 0.475. The Kier molecular flexibility index (Phi) is 9.84. The molecule has 0 bridgehead atoms. The summed E-state index contributed by atoms with van der Waals surface area (Å²) in [4.78, 5) is 4.38. The number of hydrogen-bond acceptors (Lipinski definition) is 4. The van der Waals surface area contributed by atoms with Gasteiger partial charge in [-0.15, -0.1) is 0 Å². The quantitative estimate of drug-likeness (QED) is 0.350. The molecular weight excluding hydrogens is 342 g/mol. The van der Waals surface area contributed by atoms with E-state index in [1.807, 2.05) is 18.2 Å². The Labute approximate surface area is 163 Å². The van der Waals surface area contributed by atoms with Gasteiger partial charge in [-0.25, -0.2) is 4.99 Å². The number of guanidine groups is 1. The topological polar surface area (TPSA) is 78.1 Å². The van der Waals surface area contributed by atoms with Gasteiger partial charge in [0.1, 0.15) is 0 Å². The van der Waals surface area contributed by atoms with Crippen molar-refractivity contribution in [3.63, 3.8) is 0 Å². The molecule has 1 aromatic carbocycles. The summed E-state index contributed by atoms with van der Waals surface area (Å²) in [5.41, 5.74) is 6.97. The third-order valence-corrected chi connectivity index (χ3v) is 4.91. The molecule has 0 radical (unpaired) electrons. The van der Waals surface area contributed by atoms with Crippen LogP contribution in [0.3, 0.4) is 0 Å². The number of methoxy groups -OCH3 is 2. The van der Waals surface area contributed by atoms with E-state index >= 15 is 0 Å². The van der Waals surface area contributed by atoms with E-state index in [1.165, 1.54) is 32.1 Å². The molecule has 0 atom stereocenters. The first-order valence-corrected chi connectivity index (χ1v) is 10.1. The minimum absolute atomic E-state index is 0.475. The monoisotopic (exact) mass is 377 g/mol. The van der Waals surface area contributed by atoms with E-state index in [1.54, 1.807) is 14.2 Å². The molecule has 0 saturated heterocycles. The molecule has 0 heterocycles. The Morgan fingerprint density at radius 3 is 2.59 bits per heavy atom. The van der Waals surface area contributed by atoms with Gasteiger partial charge in [0.25, 0.3) is 0 Å². The molecule has 0 spiro atoms. The third-order valence-electron chi connectivity index (χ3n) is 4.91. The van der Waals surface area contributed by atoms with E-state index in [9.17, 15) is 0 Å². The number of nitrogens with zero attached hydrogens (tertiary/aromatic N) is 1. The van der Waals surface area contributed by atoms with E-state index in [-0.39, 0.29) is 0 Å². The molecule has 27 heavy (non-hydrogen) atoms. The molecule has 2 rings (SSSR count). The average Bonchev–Trinajstić information content (AvgIpc) is 2.72. The highest BCUT2D eigenvalue weighted by atomic mass is 16.5. The fraction of sp³-hybridized carbons (Fsp3) is 0.667. The van der Waals surface area contributed by atoms with Gasteiger partial charge >= 0.3 is 0 Å². The number of rotatable bonds is 11. The summed E-state index contributed by atoms with van der Waals surface area (Å²) in [5.74, 6) is 1.89. The van der Waals surface area contributed by atoms with Gasteiger partial charge in [-0.3, -0.25) is 0 Å². The largest absolute Gasteiger partial charge is 0.493 e. The zero-order chi connectivity index (χ0) is 19.3. The van der Waals surface area contributed by atoms with E-state index in [2.05, 4.69) is 10.3 Å². The number of unbranched alkanes of at least 4 members (excludes halogenated alkanes) is 2. The Bertz CT molecular complexity index is 572. The van der Waals surface area contributed by atoms with Gasteiger partial charge in [-0.05, 0) is 49.8 Å². The molecule has 6 nitrogen and oxygen atoms in total. The first-order valence-electron chi connectivity index (χ1n) is 10.1. The third kappa shape index (κ3) is 8.08. The normalized spacial score (nSPS) is 15.6. The van der Waals surface area contributed by atoms with Crippen LogP contribution in [0.2, 0.25) is 0 Å². The van der Waals surface area contributed by atoms with Crippen LogP contribution >= 0.6 is 0 Å². The van der Waals surface area contributed by atoms with Crippen molar-refractivity contribution in [1.29, 1.82) is 0 Å². The fourth-order valence-electron chi connectivity index (χ4n) is 3.31. The first-order chi connectivity index (χ1) is 13.2. The zero-order valence-electron chi connectivity index (χ0n) is 16.8. The lowest BCUT2D eigenvalue weighted by Gasteiger charge is -2.21. The SMILES string of the molecule is COc1ccc(CN=C(N)NCCCCCOC2CCCCC2)cc1OC. The van der Waals surface area contributed by atoms with Crippen molar-refractivity contribution >= 4 is 5.96 Å². The lowest BCUT2D eigenvalue weighted by molar-refractivity contribution is 0.0264. The van der Waals surface area contributed by atoms with Crippen LogP contribution in [0.4, 0.5) is 0 Å². The molecule has 0 amide bonds. The molecule has 1 aromatic rings. The fourth-order valence-corrected chi connectivity index (χ4v) is 3.31. The average molecular weight is 378 g/mol. The lowest BCUT2D eigenvalue weighted by atomic mass is 9.98. The molecule has 3 N–H and O–H groups in total. The van der Waals surface area contributed by atoms with E-state index in [0.29, 0.717) is 30.1 Å². The molecule has 152 valence electrons. The molecule has 0 aromatic heterocycles. The van der Waals surface area contributed by atoms with Crippen molar-refractivity contribution in [2.24, 2.45) is 10.7 Å². The van der Waals surface area contributed by atoms with Crippen LogP contribution in [0, 0.1) is 0 Å². The molecular formula is C21H35N3O3. The maximum atomic E-state index is 5.95. The Morgan fingerprint density at radius 2 is 1.85 bits per heavy atom. The molecule has 6 heteroatoms. The van der Waals surface area contributed by atoms with Crippen molar-refractivity contribution in [2.75, 3.05) is 27.4 Å². The summed E-state index contributed by atoms with van der Waals surface area (Å²) in [5, 5.41) is 3.18. The van der Waals surface area contributed by atoms with Crippen molar-refractivity contribution in [1.82, 2.24) is 5.32 Å². The van der Waals surface area contributed by atoms with E-state index < -0.39 is 0 Å². The summed E-state index contributed by atoms with van der Waals surface area (Å²) in [6.07, 6.45) is 10.4. The van der Waals surface area contributed by atoms with Crippen LogP contribution in [0.5, 0.6) is 11.5 Å². The predicted molar refractivity (Wildman–Crippen MR) is 110 cm³/mol. The Hall–Kier alpha value is -1.95. The van der Waals surface area contributed by atoms with Crippen molar-refractivity contribution in [3.8, 4) is 11.5 Å². The smallest absolute Gasteiger partial charge is 0.188 e. The number of benzene rings is 1. The van der Waals surface area contributed by atoms with E-state index in [0.717, 1.165) is 38.0 Å². The maximum absolute atomic E-state index is 5.95. The van der Waals surface area contributed by atoms with Crippen LogP contribution in [-0.4, -0.2) is 39.4 Å². The number of nitrogens with one attached hydrogen (secondary N) is 1. The molecule has 1 saturated carbocycles. The van der Waals surface area contributed by atoms with E-state index in [4.69, 9.17) is 19.9 Å². The molecule has 0 unspecified atom stereocenters. The highest BCUT2D eigenvalue weighted by Crippen LogP contribution is 2.27. The minimum Gasteiger partial charge on any atom is -0.493 e. The Morgan fingerprint density at radius 1 is 1.07 bits per heavy atom. The van der Waals surface area contributed by atoms with Crippen LogP contribution in [0.15, 0.2) is 23.2 Å². The summed E-state index contributed by atoms with van der Waals surface area (Å²) in [6.45, 7) is 2.23. The molecule has 1 aliphatic carbocycles. The number of aliphatic imine (C=N–C) groups is 1. The Balaban J connectivity index is 1.56. The maximum Gasteiger partial charge on any atom is 0.188 e. The lowest BCUT2D eigenvalue weighted by Crippen LogP contribution is -2.32. The van der Waals surface area contributed by atoms with Gasteiger partial charge in [0.05, 0.1) is 26.9 Å². The van der Waals surface area contributed by atoms with Gasteiger partial charge in [0.15, 0.2) is 17.5 Å². The number of nitrogens with two attached hydrogens (primary N) is 1. The summed E-state index contributed by atoms with van der Waals surface area (Å²) in [7, 11) is 3.25. The van der Waals surface area contributed by atoms with Crippen LogP contribution in [0.1, 0.15) is 56.9 Å². The second-order valence-corrected chi connectivity index (χ2v) is 7.01. The number of ether oxygens (including phenoxy) is 3. The van der Waals surface area contributed by atoms with Gasteiger partial charge in [-0.1, -0.05) is 25.3 Å². The van der Waals surface area contributed by atoms with Crippen molar-refractivity contribution in [3.05, 3.63) is 23.8 Å². The molecule has 1 aliphatic rings. The summed E-state index contributed by atoms with van der Waals surface area (Å²) in [6, 6.07) is 5.76. The molecule has 0 aliphatic heterocycles. The summed E-state index contributed by atoms with van der Waals surface area (Å²) >= 11 is 0. The van der Waals surface area contributed by atoms with Crippen LogP contribution in [0.25, 0.3) is 0 Å². The van der Waals surface area contributed by atoms with Crippen molar-refractivity contribution in [2.45, 2.75) is 64.0 Å². The van der Waals surface area contributed by atoms with Gasteiger partial charge < -0.3 is 25.3 Å².